The molecule has 0 bridgehead atoms. The predicted molar refractivity (Wildman–Crippen MR) is 116 cm³/mol. The summed E-state index contributed by atoms with van der Waals surface area (Å²) in [6.45, 7) is 1.01. The number of hydrogen-bond donors (Lipinski definition) is 2. The first-order valence-corrected chi connectivity index (χ1v) is 10.8. The molecule has 3 N–H and O–H groups in total. The molecule has 2 fully saturated rings. The van der Waals surface area contributed by atoms with Gasteiger partial charge < -0.3 is 4.90 Å². The zero-order chi connectivity index (χ0) is 20.5. The fourth-order valence-electron chi connectivity index (χ4n) is 4.34. The highest BCUT2D eigenvalue weighted by molar-refractivity contribution is 6.05. The number of fused-ring (bicyclic) bond motifs is 1. The molecule has 2 aliphatic rings. The van der Waals surface area contributed by atoms with Crippen LogP contribution in [0.25, 0.3) is 10.9 Å². The molecule has 1 aromatic carbocycles. The predicted octanol–water partition coefficient (Wildman–Crippen LogP) is 3.42. The van der Waals surface area contributed by atoms with Crippen molar-refractivity contribution in [2.75, 3.05) is 16.5 Å². The molecule has 0 spiro atoms. The Hall–Kier alpha value is -3.00. The van der Waals surface area contributed by atoms with Gasteiger partial charge in [-0.25, -0.2) is 20.8 Å². The SMILES string of the molecule is NN(C(=O)c1cc(N(CC2CC2)C2CCCCC2)ncn1)c1ccc2[nH]ncc2c1. The maximum atomic E-state index is 13.1. The van der Waals surface area contributed by atoms with Crippen molar-refractivity contribution in [2.45, 2.75) is 51.0 Å². The molecule has 3 aromatic rings. The lowest BCUT2D eigenvalue weighted by molar-refractivity contribution is 0.0982. The first-order chi connectivity index (χ1) is 14.7. The normalized spacial score (nSPS) is 17.2. The van der Waals surface area contributed by atoms with Gasteiger partial charge in [0.05, 0.1) is 17.4 Å². The number of benzene rings is 1. The quantitative estimate of drug-likeness (QED) is 0.370. The maximum absolute atomic E-state index is 13.1. The van der Waals surface area contributed by atoms with E-state index in [1.807, 2.05) is 12.1 Å². The van der Waals surface area contributed by atoms with Crippen LogP contribution in [0.15, 0.2) is 36.8 Å². The summed E-state index contributed by atoms with van der Waals surface area (Å²) in [6.07, 6.45) is 12.0. The van der Waals surface area contributed by atoms with E-state index in [2.05, 4.69) is 25.1 Å². The minimum atomic E-state index is -0.350. The molecule has 8 nitrogen and oxygen atoms in total. The summed E-state index contributed by atoms with van der Waals surface area (Å²) >= 11 is 0. The standard InChI is InChI=1S/C22H27N7O/c23-29(18-8-9-19-16(10-18)12-26-27-19)22(30)20-11-21(25-14-24-20)28(13-15-6-7-15)17-4-2-1-3-5-17/h8-12,14-15,17H,1-7,13,23H2,(H,26,27). The van der Waals surface area contributed by atoms with Gasteiger partial charge in [0.1, 0.15) is 17.8 Å². The lowest BCUT2D eigenvalue weighted by atomic mass is 9.94. The van der Waals surface area contributed by atoms with Gasteiger partial charge in [-0.05, 0) is 49.8 Å². The number of aromatic amines is 1. The molecule has 2 aliphatic carbocycles. The number of rotatable bonds is 6. The van der Waals surface area contributed by atoms with Crippen molar-refractivity contribution in [3.05, 3.63) is 42.5 Å². The van der Waals surface area contributed by atoms with Crippen molar-refractivity contribution in [2.24, 2.45) is 11.8 Å². The zero-order valence-electron chi connectivity index (χ0n) is 17.0. The summed E-state index contributed by atoms with van der Waals surface area (Å²) < 4.78 is 0. The summed E-state index contributed by atoms with van der Waals surface area (Å²) in [7, 11) is 0. The Morgan fingerprint density at radius 3 is 2.73 bits per heavy atom. The third-order valence-electron chi connectivity index (χ3n) is 6.25. The fraction of sp³-hybridized carbons (Fsp3) is 0.455. The zero-order valence-corrected chi connectivity index (χ0v) is 17.0. The topological polar surface area (TPSA) is 104 Å². The van der Waals surface area contributed by atoms with Crippen molar-refractivity contribution < 1.29 is 4.79 Å². The number of nitrogens with two attached hydrogens (primary N) is 1. The minimum absolute atomic E-state index is 0.311. The van der Waals surface area contributed by atoms with E-state index in [4.69, 9.17) is 5.84 Å². The monoisotopic (exact) mass is 405 g/mol. The number of hydrogen-bond acceptors (Lipinski definition) is 6. The molecule has 8 heteroatoms. The first kappa shape index (κ1) is 19.0. The Morgan fingerprint density at radius 2 is 1.93 bits per heavy atom. The molecule has 2 heterocycles. The third kappa shape index (κ3) is 3.87. The van der Waals surface area contributed by atoms with Crippen molar-refractivity contribution in [3.8, 4) is 0 Å². The van der Waals surface area contributed by atoms with Gasteiger partial charge in [-0.2, -0.15) is 5.10 Å². The summed E-state index contributed by atoms with van der Waals surface area (Å²) in [5.41, 5.74) is 1.80. The Bertz CT molecular complexity index is 1040. The van der Waals surface area contributed by atoms with Crippen LogP contribution in [0.2, 0.25) is 0 Å². The molecule has 5 rings (SSSR count). The Labute approximate surface area is 175 Å². The summed E-state index contributed by atoms with van der Waals surface area (Å²) in [5, 5.41) is 8.95. The molecule has 0 radical (unpaired) electrons. The second-order valence-corrected chi connectivity index (χ2v) is 8.47. The van der Waals surface area contributed by atoms with E-state index in [0.717, 1.165) is 34.2 Å². The summed E-state index contributed by atoms with van der Waals surface area (Å²) in [6, 6.07) is 7.78. The second-order valence-electron chi connectivity index (χ2n) is 8.47. The maximum Gasteiger partial charge on any atom is 0.291 e. The molecular weight excluding hydrogens is 378 g/mol. The van der Waals surface area contributed by atoms with Gasteiger partial charge >= 0.3 is 0 Å². The van der Waals surface area contributed by atoms with Crippen molar-refractivity contribution in [1.29, 1.82) is 0 Å². The molecule has 2 aromatic heterocycles. The van der Waals surface area contributed by atoms with E-state index < -0.39 is 0 Å². The van der Waals surface area contributed by atoms with Crippen molar-refractivity contribution in [1.82, 2.24) is 20.2 Å². The Kier molecular flexibility index (Phi) is 5.08. The highest BCUT2D eigenvalue weighted by Gasteiger charge is 2.30. The van der Waals surface area contributed by atoms with Crippen molar-refractivity contribution >= 4 is 28.3 Å². The molecule has 0 aliphatic heterocycles. The fourth-order valence-corrected chi connectivity index (χ4v) is 4.34. The molecule has 0 atom stereocenters. The van der Waals surface area contributed by atoms with Crippen LogP contribution < -0.4 is 15.8 Å². The number of nitrogens with one attached hydrogen (secondary N) is 1. The van der Waals surface area contributed by atoms with E-state index in [1.54, 1.807) is 18.3 Å². The Balaban J connectivity index is 1.40. The molecule has 0 unspecified atom stereocenters. The molecule has 2 saturated carbocycles. The number of amides is 1. The van der Waals surface area contributed by atoms with Gasteiger partial charge in [0.25, 0.3) is 5.91 Å². The lowest BCUT2D eigenvalue weighted by Gasteiger charge is -2.35. The van der Waals surface area contributed by atoms with Crippen LogP contribution in [0.1, 0.15) is 55.4 Å². The van der Waals surface area contributed by atoms with Crippen LogP contribution >= 0.6 is 0 Å². The third-order valence-corrected chi connectivity index (χ3v) is 6.25. The average molecular weight is 406 g/mol. The van der Waals surface area contributed by atoms with Gasteiger partial charge in [-0.15, -0.1) is 0 Å². The molecule has 156 valence electrons. The van der Waals surface area contributed by atoms with E-state index in [9.17, 15) is 4.79 Å². The molecular formula is C22H27N7O. The van der Waals surface area contributed by atoms with Gasteiger partial charge in [-0.3, -0.25) is 9.89 Å². The highest BCUT2D eigenvalue weighted by Crippen LogP contribution is 2.34. The first-order valence-electron chi connectivity index (χ1n) is 10.8. The summed E-state index contributed by atoms with van der Waals surface area (Å²) in [5.74, 6) is 7.40. The number of H-pyrrole nitrogens is 1. The number of aromatic nitrogens is 4. The summed E-state index contributed by atoms with van der Waals surface area (Å²) in [4.78, 5) is 24.3. The largest absolute Gasteiger partial charge is 0.353 e. The smallest absolute Gasteiger partial charge is 0.291 e. The minimum Gasteiger partial charge on any atom is -0.353 e. The van der Waals surface area contributed by atoms with Crippen LogP contribution in [0.5, 0.6) is 0 Å². The number of anilines is 2. The number of nitrogens with zero attached hydrogens (tertiary/aromatic N) is 5. The van der Waals surface area contributed by atoms with E-state index in [-0.39, 0.29) is 5.91 Å². The second kappa shape index (κ2) is 8.02. The highest BCUT2D eigenvalue weighted by atomic mass is 16.2. The van der Waals surface area contributed by atoms with Crippen LogP contribution in [-0.2, 0) is 0 Å². The number of carbonyl (C=O) groups is 1. The molecule has 1 amide bonds. The van der Waals surface area contributed by atoms with Crippen LogP contribution in [-0.4, -0.2) is 38.7 Å². The van der Waals surface area contributed by atoms with Crippen molar-refractivity contribution in [3.63, 3.8) is 0 Å². The van der Waals surface area contributed by atoms with Gasteiger partial charge in [0.2, 0.25) is 0 Å². The van der Waals surface area contributed by atoms with Crippen LogP contribution in [0.3, 0.4) is 0 Å². The molecule has 30 heavy (non-hydrogen) atoms. The van der Waals surface area contributed by atoms with E-state index >= 15 is 0 Å². The number of carbonyl (C=O) groups excluding carboxylic acids is 1. The number of hydrazine groups is 1. The van der Waals surface area contributed by atoms with Gasteiger partial charge in [-0.1, -0.05) is 19.3 Å². The average Bonchev–Trinajstić information content (AvgIpc) is 3.50. The van der Waals surface area contributed by atoms with E-state index in [0.29, 0.717) is 17.4 Å². The van der Waals surface area contributed by atoms with Crippen LogP contribution in [0.4, 0.5) is 11.5 Å². The Morgan fingerprint density at radius 1 is 1.10 bits per heavy atom. The van der Waals surface area contributed by atoms with Crippen LogP contribution in [0, 0.1) is 5.92 Å². The molecule has 0 saturated heterocycles. The van der Waals surface area contributed by atoms with Gasteiger partial charge in [0.15, 0.2) is 0 Å². The lowest BCUT2D eigenvalue weighted by Crippen LogP contribution is -2.40. The van der Waals surface area contributed by atoms with E-state index in [1.165, 1.54) is 51.3 Å². The van der Waals surface area contributed by atoms with Gasteiger partial charge in [0, 0.05) is 24.0 Å².